The van der Waals surface area contributed by atoms with Gasteiger partial charge in [0.2, 0.25) is 0 Å². The molecule has 0 heterocycles. The van der Waals surface area contributed by atoms with Gasteiger partial charge < -0.3 is 25.2 Å². The average Bonchev–Trinajstić information content (AvgIpc) is 2.93. The number of anilines is 2. The van der Waals surface area contributed by atoms with E-state index in [1.807, 2.05) is 108 Å². The molecule has 0 aliphatic carbocycles. The summed E-state index contributed by atoms with van der Waals surface area (Å²) in [7, 11) is 0. The number of nitrogens with zero attached hydrogens (tertiary/aromatic N) is 1. The van der Waals surface area contributed by atoms with E-state index in [9.17, 15) is 0 Å². The number of carboxylic acids is 2. The first kappa shape index (κ1) is 26.5. The molecule has 0 radical (unpaired) electrons. The lowest BCUT2D eigenvalue weighted by atomic mass is 10.2. The summed E-state index contributed by atoms with van der Waals surface area (Å²) in [5, 5.41) is 26.7. The van der Waals surface area contributed by atoms with E-state index in [0.717, 1.165) is 28.3 Å². The predicted octanol–water partition coefficient (Wildman–Crippen LogP) is 5.47. The number of benzene rings is 4. The van der Waals surface area contributed by atoms with Gasteiger partial charge in [-0.3, -0.25) is 5.41 Å². The fourth-order valence-electron chi connectivity index (χ4n) is 3.25. The summed E-state index contributed by atoms with van der Waals surface area (Å²) in [5.41, 5.74) is 4.08. The second-order valence-electron chi connectivity index (χ2n) is 7.79. The smallest absolute Gasteiger partial charge is 0.414 e. The van der Waals surface area contributed by atoms with Crippen LogP contribution in [0.2, 0.25) is 0 Å². The lowest BCUT2D eigenvalue weighted by Gasteiger charge is -2.26. The first-order valence-corrected chi connectivity index (χ1v) is 11.4. The van der Waals surface area contributed by atoms with Gasteiger partial charge in [-0.05, 0) is 47.5 Å². The Kier molecular flexibility index (Phi) is 9.81. The number of para-hydroxylation sites is 1. The standard InChI is InChI=1S/C27H25N3O.C2H2O4/c28-27(30(25-14-8-3-9-15-25)20-22-10-4-1-5-11-22)29-24-16-18-26(19-17-24)31-21-23-12-6-2-7-13-23;3-1(4)2(5)6/h1-19H,20-21H2,(H2,28,29);(H,3,4)(H,5,6). The molecule has 0 aliphatic heterocycles. The minimum atomic E-state index is -1.82. The van der Waals surface area contributed by atoms with Crippen LogP contribution in [0.25, 0.3) is 0 Å². The molecule has 4 aromatic rings. The van der Waals surface area contributed by atoms with Crippen LogP contribution in [0.4, 0.5) is 11.4 Å². The summed E-state index contributed by atoms with van der Waals surface area (Å²) >= 11 is 0. The van der Waals surface area contributed by atoms with Crippen molar-refractivity contribution in [3.63, 3.8) is 0 Å². The third-order valence-corrected chi connectivity index (χ3v) is 5.07. The van der Waals surface area contributed by atoms with Gasteiger partial charge in [-0.15, -0.1) is 0 Å². The highest BCUT2D eigenvalue weighted by Crippen LogP contribution is 2.21. The second kappa shape index (κ2) is 13.7. The summed E-state index contributed by atoms with van der Waals surface area (Å²) in [4.78, 5) is 20.2. The molecule has 4 aromatic carbocycles. The molecule has 0 aliphatic rings. The highest BCUT2D eigenvalue weighted by atomic mass is 16.5. The highest BCUT2D eigenvalue weighted by Gasteiger charge is 2.13. The van der Waals surface area contributed by atoms with Crippen LogP contribution in [0.1, 0.15) is 11.1 Å². The number of guanidine groups is 1. The minimum Gasteiger partial charge on any atom is -0.489 e. The third kappa shape index (κ3) is 8.88. The van der Waals surface area contributed by atoms with Crippen molar-refractivity contribution >= 4 is 29.3 Å². The summed E-state index contributed by atoms with van der Waals surface area (Å²) < 4.78 is 5.86. The Balaban J connectivity index is 0.000000568. The molecule has 4 N–H and O–H groups in total. The van der Waals surface area contributed by atoms with Crippen molar-refractivity contribution in [2.45, 2.75) is 13.2 Å². The highest BCUT2D eigenvalue weighted by molar-refractivity contribution is 6.27. The minimum absolute atomic E-state index is 0.313. The number of hydrogen-bond acceptors (Lipinski definition) is 4. The first-order valence-electron chi connectivity index (χ1n) is 11.4. The Morgan fingerprint density at radius 3 is 1.70 bits per heavy atom. The van der Waals surface area contributed by atoms with Gasteiger partial charge in [0.15, 0.2) is 5.96 Å². The van der Waals surface area contributed by atoms with E-state index in [0.29, 0.717) is 19.1 Å². The third-order valence-electron chi connectivity index (χ3n) is 5.07. The molecule has 37 heavy (non-hydrogen) atoms. The fraction of sp³-hybridized carbons (Fsp3) is 0.0690. The van der Waals surface area contributed by atoms with E-state index in [1.54, 1.807) is 0 Å². The van der Waals surface area contributed by atoms with E-state index >= 15 is 0 Å². The van der Waals surface area contributed by atoms with E-state index in [1.165, 1.54) is 0 Å². The number of hydrogen-bond donors (Lipinski definition) is 4. The Labute approximate surface area is 214 Å². The fourth-order valence-corrected chi connectivity index (χ4v) is 3.25. The molecule has 0 saturated heterocycles. The Morgan fingerprint density at radius 2 is 1.19 bits per heavy atom. The van der Waals surface area contributed by atoms with Crippen LogP contribution in [0.15, 0.2) is 115 Å². The summed E-state index contributed by atoms with van der Waals surface area (Å²) in [6.45, 7) is 1.14. The molecule has 8 nitrogen and oxygen atoms in total. The van der Waals surface area contributed by atoms with Crippen LogP contribution in [-0.4, -0.2) is 28.1 Å². The molecular formula is C29H27N3O5. The molecule has 0 spiro atoms. The van der Waals surface area contributed by atoms with Crippen LogP contribution in [-0.2, 0) is 22.7 Å². The zero-order valence-corrected chi connectivity index (χ0v) is 20.0. The lowest BCUT2D eigenvalue weighted by Crippen LogP contribution is -2.35. The van der Waals surface area contributed by atoms with Crippen LogP contribution in [0.5, 0.6) is 5.75 Å². The molecule has 0 unspecified atom stereocenters. The molecule has 4 rings (SSSR count). The summed E-state index contributed by atoms with van der Waals surface area (Å²) in [6, 6.07) is 38.0. The van der Waals surface area contributed by atoms with E-state index < -0.39 is 11.9 Å². The monoisotopic (exact) mass is 497 g/mol. The quantitative estimate of drug-likeness (QED) is 0.152. The molecule has 0 atom stereocenters. The second-order valence-corrected chi connectivity index (χ2v) is 7.79. The van der Waals surface area contributed by atoms with Crippen LogP contribution in [0.3, 0.4) is 0 Å². The number of rotatable bonds is 7. The summed E-state index contributed by atoms with van der Waals surface area (Å²) in [5.74, 6) is -2.54. The topological polar surface area (TPSA) is 123 Å². The van der Waals surface area contributed by atoms with Crippen molar-refractivity contribution in [2.75, 3.05) is 10.2 Å². The molecular weight excluding hydrogens is 470 g/mol. The van der Waals surface area contributed by atoms with Crippen molar-refractivity contribution in [3.8, 4) is 5.75 Å². The maximum atomic E-state index is 9.10. The number of aliphatic carboxylic acids is 2. The van der Waals surface area contributed by atoms with Crippen molar-refractivity contribution in [1.29, 1.82) is 5.41 Å². The Morgan fingerprint density at radius 1 is 0.703 bits per heavy atom. The van der Waals surface area contributed by atoms with Crippen LogP contribution >= 0.6 is 0 Å². The van der Waals surface area contributed by atoms with E-state index in [-0.39, 0.29) is 0 Å². The first-order chi connectivity index (χ1) is 17.9. The van der Waals surface area contributed by atoms with E-state index in [4.69, 9.17) is 29.9 Å². The van der Waals surface area contributed by atoms with Gasteiger partial charge in [0.25, 0.3) is 0 Å². The molecule has 0 fully saturated rings. The number of ether oxygens (including phenoxy) is 1. The Bertz CT molecular complexity index is 1270. The molecule has 0 aromatic heterocycles. The van der Waals surface area contributed by atoms with Crippen LogP contribution < -0.4 is 15.0 Å². The molecule has 0 bridgehead atoms. The normalized spacial score (nSPS) is 9.84. The van der Waals surface area contributed by atoms with Gasteiger partial charge in [-0.1, -0.05) is 78.9 Å². The molecule has 188 valence electrons. The molecule has 0 amide bonds. The van der Waals surface area contributed by atoms with Crippen LogP contribution in [0, 0.1) is 5.41 Å². The van der Waals surface area contributed by atoms with Gasteiger partial charge in [-0.2, -0.15) is 0 Å². The SMILES string of the molecule is N=C(Nc1ccc(OCc2ccccc2)cc1)N(Cc1ccccc1)c1ccccc1.O=C(O)C(=O)O. The summed E-state index contributed by atoms with van der Waals surface area (Å²) in [6.07, 6.45) is 0. The largest absolute Gasteiger partial charge is 0.489 e. The molecule has 8 heteroatoms. The maximum Gasteiger partial charge on any atom is 0.414 e. The van der Waals surface area contributed by atoms with Crippen molar-refractivity contribution < 1.29 is 24.5 Å². The van der Waals surface area contributed by atoms with Gasteiger partial charge >= 0.3 is 11.9 Å². The van der Waals surface area contributed by atoms with Gasteiger partial charge in [0, 0.05) is 11.4 Å². The Hall–Kier alpha value is -5.11. The van der Waals surface area contributed by atoms with Gasteiger partial charge in [-0.25, -0.2) is 9.59 Å². The predicted molar refractivity (Wildman–Crippen MR) is 143 cm³/mol. The number of carboxylic acid groups (broad SMARTS) is 2. The molecule has 0 saturated carbocycles. The number of carbonyl (C=O) groups is 2. The lowest BCUT2D eigenvalue weighted by molar-refractivity contribution is -0.159. The zero-order chi connectivity index (χ0) is 26.5. The van der Waals surface area contributed by atoms with Gasteiger partial charge in [0.05, 0.1) is 6.54 Å². The zero-order valence-electron chi connectivity index (χ0n) is 20.0. The average molecular weight is 498 g/mol. The van der Waals surface area contributed by atoms with Gasteiger partial charge in [0.1, 0.15) is 12.4 Å². The van der Waals surface area contributed by atoms with E-state index in [2.05, 4.69) is 17.4 Å². The van der Waals surface area contributed by atoms with Crippen molar-refractivity contribution in [2.24, 2.45) is 0 Å². The maximum absolute atomic E-state index is 9.10. The van der Waals surface area contributed by atoms with Crippen molar-refractivity contribution in [3.05, 3.63) is 126 Å². The number of nitrogens with one attached hydrogen (secondary N) is 2. The van der Waals surface area contributed by atoms with Crippen molar-refractivity contribution in [1.82, 2.24) is 0 Å².